The summed E-state index contributed by atoms with van der Waals surface area (Å²) in [6.45, 7) is 3.31. The Bertz CT molecular complexity index is 412. The highest BCUT2D eigenvalue weighted by Crippen LogP contribution is 2.20. The van der Waals surface area contributed by atoms with E-state index in [2.05, 4.69) is 38.8 Å². The van der Waals surface area contributed by atoms with Crippen molar-refractivity contribution in [1.29, 1.82) is 0 Å². The molecule has 0 aliphatic heterocycles. The van der Waals surface area contributed by atoms with Crippen molar-refractivity contribution in [3.63, 3.8) is 0 Å². The van der Waals surface area contributed by atoms with Crippen LogP contribution in [0.5, 0.6) is 0 Å². The van der Waals surface area contributed by atoms with E-state index in [9.17, 15) is 9.18 Å². The van der Waals surface area contributed by atoms with Gasteiger partial charge in [0.1, 0.15) is 5.82 Å². The summed E-state index contributed by atoms with van der Waals surface area (Å²) in [5.41, 5.74) is 0.126. The van der Waals surface area contributed by atoms with Gasteiger partial charge < -0.3 is 4.90 Å². The molecule has 5 heteroatoms. The normalized spacial score (nSPS) is 10.4. The van der Waals surface area contributed by atoms with Gasteiger partial charge in [0.05, 0.1) is 10.0 Å². The molecule has 2 nitrogen and oxygen atoms in total. The van der Waals surface area contributed by atoms with E-state index < -0.39 is 5.82 Å². The summed E-state index contributed by atoms with van der Waals surface area (Å²) in [4.78, 5) is 13.9. The molecule has 0 aliphatic carbocycles. The molecular weight excluding hydrogens is 365 g/mol. The van der Waals surface area contributed by atoms with Crippen molar-refractivity contribution in [3.05, 3.63) is 34.1 Å². The van der Waals surface area contributed by atoms with E-state index in [1.54, 1.807) is 17.0 Å². The second-order valence-corrected chi connectivity index (χ2v) is 5.58. The number of carbonyl (C=O) groups excluding carboxylic acids is 1. The Kier molecular flexibility index (Phi) is 6.86. The van der Waals surface area contributed by atoms with Crippen molar-refractivity contribution in [3.8, 4) is 0 Å². The van der Waals surface area contributed by atoms with Crippen molar-refractivity contribution >= 4 is 37.8 Å². The van der Waals surface area contributed by atoms with Crippen LogP contribution in [0.1, 0.15) is 30.1 Å². The maximum Gasteiger partial charge on any atom is 0.256 e. The minimum absolute atomic E-state index is 0.126. The second kappa shape index (κ2) is 7.89. The van der Waals surface area contributed by atoms with Gasteiger partial charge in [-0.1, -0.05) is 35.3 Å². The first-order valence-corrected chi connectivity index (χ1v) is 7.82. The molecule has 0 aromatic heterocycles. The molecule has 0 atom stereocenters. The van der Waals surface area contributed by atoms with Crippen LogP contribution in [-0.2, 0) is 0 Å². The SMILES string of the molecule is CCCCN(CCBr)C(=O)c1cccc(Br)c1F. The predicted molar refractivity (Wildman–Crippen MR) is 78.7 cm³/mol. The van der Waals surface area contributed by atoms with Gasteiger partial charge in [0.2, 0.25) is 0 Å². The van der Waals surface area contributed by atoms with Gasteiger partial charge in [-0.05, 0) is 34.5 Å². The highest BCUT2D eigenvalue weighted by atomic mass is 79.9. The lowest BCUT2D eigenvalue weighted by atomic mass is 10.1. The quantitative estimate of drug-likeness (QED) is 0.676. The highest BCUT2D eigenvalue weighted by Gasteiger charge is 2.19. The molecular formula is C13H16Br2FNO. The van der Waals surface area contributed by atoms with Gasteiger partial charge in [-0.2, -0.15) is 0 Å². The first-order valence-electron chi connectivity index (χ1n) is 5.91. The third-order valence-corrected chi connectivity index (χ3v) is 3.57. The van der Waals surface area contributed by atoms with Gasteiger partial charge >= 0.3 is 0 Å². The Labute approximate surface area is 124 Å². The number of hydrogen-bond donors (Lipinski definition) is 0. The summed E-state index contributed by atoms with van der Waals surface area (Å²) in [6, 6.07) is 4.79. The van der Waals surface area contributed by atoms with Crippen LogP contribution in [-0.4, -0.2) is 29.2 Å². The lowest BCUT2D eigenvalue weighted by Gasteiger charge is -2.22. The fourth-order valence-electron chi connectivity index (χ4n) is 1.61. The molecule has 1 aromatic rings. The summed E-state index contributed by atoms with van der Waals surface area (Å²) >= 11 is 6.42. The molecule has 0 spiro atoms. The van der Waals surface area contributed by atoms with Gasteiger partial charge in [-0.15, -0.1) is 0 Å². The van der Waals surface area contributed by atoms with Gasteiger partial charge in [0, 0.05) is 18.4 Å². The second-order valence-electron chi connectivity index (χ2n) is 3.94. The number of halogens is 3. The summed E-state index contributed by atoms with van der Waals surface area (Å²) in [5.74, 6) is -0.736. The lowest BCUT2D eigenvalue weighted by Crippen LogP contribution is -2.34. The first-order chi connectivity index (χ1) is 8.61. The number of rotatable bonds is 6. The van der Waals surface area contributed by atoms with Crippen molar-refractivity contribution < 1.29 is 9.18 Å². The molecule has 1 amide bonds. The molecule has 0 saturated heterocycles. The fourth-order valence-corrected chi connectivity index (χ4v) is 2.40. The average molecular weight is 381 g/mol. The Morgan fingerprint density at radius 2 is 2.11 bits per heavy atom. The third-order valence-electron chi connectivity index (χ3n) is 2.61. The predicted octanol–water partition coefficient (Wildman–Crippen LogP) is 4.23. The molecule has 1 aromatic carbocycles. The van der Waals surface area contributed by atoms with E-state index >= 15 is 0 Å². The van der Waals surface area contributed by atoms with Crippen LogP contribution in [0.25, 0.3) is 0 Å². The topological polar surface area (TPSA) is 20.3 Å². The average Bonchev–Trinajstić information content (AvgIpc) is 2.37. The third kappa shape index (κ3) is 4.05. The van der Waals surface area contributed by atoms with E-state index in [1.807, 2.05) is 0 Å². The Morgan fingerprint density at radius 1 is 1.39 bits per heavy atom. The minimum atomic E-state index is -0.487. The van der Waals surface area contributed by atoms with E-state index in [-0.39, 0.29) is 11.5 Å². The van der Waals surface area contributed by atoms with Crippen molar-refractivity contribution in [2.45, 2.75) is 19.8 Å². The minimum Gasteiger partial charge on any atom is -0.338 e. The standard InChI is InChI=1S/C13H16Br2FNO/c1-2-3-8-17(9-7-14)13(18)10-5-4-6-11(15)12(10)16/h4-6H,2-3,7-9H2,1H3. The summed E-state index contributed by atoms with van der Waals surface area (Å²) in [6.07, 6.45) is 1.93. The number of carbonyl (C=O) groups is 1. The smallest absolute Gasteiger partial charge is 0.256 e. The largest absolute Gasteiger partial charge is 0.338 e. The monoisotopic (exact) mass is 379 g/mol. The van der Waals surface area contributed by atoms with Gasteiger partial charge in [-0.25, -0.2) is 4.39 Å². The zero-order valence-electron chi connectivity index (χ0n) is 10.3. The number of hydrogen-bond acceptors (Lipinski definition) is 1. The van der Waals surface area contributed by atoms with Crippen LogP contribution >= 0.6 is 31.9 Å². The molecule has 0 saturated carbocycles. The highest BCUT2D eigenvalue weighted by molar-refractivity contribution is 9.10. The van der Waals surface area contributed by atoms with Crippen LogP contribution < -0.4 is 0 Å². The molecule has 0 N–H and O–H groups in total. The summed E-state index contributed by atoms with van der Waals surface area (Å²) < 4.78 is 14.2. The van der Waals surface area contributed by atoms with Gasteiger partial charge in [0.15, 0.2) is 0 Å². The first kappa shape index (κ1) is 15.6. The molecule has 1 rings (SSSR count). The molecule has 0 radical (unpaired) electrons. The van der Waals surface area contributed by atoms with Crippen molar-refractivity contribution in [2.24, 2.45) is 0 Å². The van der Waals surface area contributed by atoms with E-state index in [0.717, 1.165) is 12.8 Å². The van der Waals surface area contributed by atoms with Crippen LogP contribution in [0.2, 0.25) is 0 Å². The van der Waals surface area contributed by atoms with Gasteiger partial charge in [0.25, 0.3) is 5.91 Å². The van der Waals surface area contributed by atoms with Crippen LogP contribution in [0, 0.1) is 5.82 Å². The Morgan fingerprint density at radius 3 is 2.72 bits per heavy atom. The fraction of sp³-hybridized carbons (Fsp3) is 0.462. The summed E-state index contributed by atoms with van der Waals surface area (Å²) in [7, 11) is 0. The molecule has 0 heterocycles. The molecule has 0 fully saturated rings. The van der Waals surface area contributed by atoms with E-state index in [4.69, 9.17) is 0 Å². The van der Waals surface area contributed by atoms with Crippen LogP contribution in [0.4, 0.5) is 4.39 Å². The van der Waals surface area contributed by atoms with E-state index in [1.165, 1.54) is 6.07 Å². The molecule has 0 aliphatic rings. The van der Waals surface area contributed by atoms with Crippen molar-refractivity contribution in [2.75, 3.05) is 18.4 Å². The van der Waals surface area contributed by atoms with E-state index in [0.29, 0.717) is 22.9 Å². The van der Waals surface area contributed by atoms with Crippen molar-refractivity contribution in [1.82, 2.24) is 4.90 Å². The van der Waals surface area contributed by atoms with Crippen LogP contribution in [0.3, 0.4) is 0 Å². The molecule has 0 bridgehead atoms. The molecule has 0 unspecified atom stereocenters. The Balaban J connectivity index is 2.90. The van der Waals surface area contributed by atoms with Gasteiger partial charge in [-0.3, -0.25) is 4.79 Å². The molecule has 100 valence electrons. The zero-order chi connectivity index (χ0) is 13.5. The summed E-state index contributed by atoms with van der Waals surface area (Å²) in [5, 5.41) is 0.693. The molecule has 18 heavy (non-hydrogen) atoms. The number of benzene rings is 1. The number of unbranched alkanes of at least 4 members (excludes halogenated alkanes) is 1. The zero-order valence-corrected chi connectivity index (χ0v) is 13.4. The number of amides is 1. The lowest BCUT2D eigenvalue weighted by molar-refractivity contribution is 0.0759. The maximum atomic E-state index is 13.9. The number of nitrogens with zero attached hydrogens (tertiary/aromatic N) is 1. The Hall–Kier alpha value is -0.420. The maximum absolute atomic E-state index is 13.9. The van der Waals surface area contributed by atoms with Crippen LogP contribution in [0.15, 0.2) is 22.7 Å². The number of alkyl halides is 1.